The van der Waals surface area contributed by atoms with Crippen molar-refractivity contribution in [3.63, 3.8) is 0 Å². The molecule has 1 fully saturated rings. The van der Waals surface area contributed by atoms with Crippen LogP contribution in [0, 0.1) is 0 Å². The van der Waals surface area contributed by atoms with E-state index in [1.165, 1.54) is 0 Å². The molecule has 1 heterocycles. The molecular formula is C25H32Cl2N2O3. The standard InChI is InChI=1S/C25H32Cl2N2O3/c1-3-32-24(30)28(2)18-20(19-9-10-22(26)23(27)17-19)11-14-29-15-12-25(31,13-16-29)21-7-5-4-6-8-21/h4-10,17,20,31H,3,11-16,18H2,1-2H3. The second-order valence-corrected chi connectivity index (χ2v) is 9.29. The summed E-state index contributed by atoms with van der Waals surface area (Å²) in [5.41, 5.74) is 1.28. The van der Waals surface area contributed by atoms with Gasteiger partial charge in [0.2, 0.25) is 0 Å². The third-order valence-electron chi connectivity index (χ3n) is 6.28. The van der Waals surface area contributed by atoms with Crippen LogP contribution in [0.15, 0.2) is 48.5 Å². The highest BCUT2D eigenvalue weighted by molar-refractivity contribution is 6.42. The van der Waals surface area contributed by atoms with Crippen LogP contribution in [0.4, 0.5) is 4.79 Å². The van der Waals surface area contributed by atoms with E-state index >= 15 is 0 Å². The molecular weight excluding hydrogens is 447 g/mol. The van der Waals surface area contributed by atoms with E-state index in [1.54, 1.807) is 24.9 Å². The molecule has 5 nitrogen and oxygen atoms in total. The number of likely N-dealkylation sites (tertiary alicyclic amines) is 1. The Hall–Kier alpha value is -1.79. The maximum absolute atomic E-state index is 12.2. The van der Waals surface area contributed by atoms with Crippen molar-refractivity contribution in [3.05, 3.63) is 69.7 Å². The van der Waals surface area contributed by atoms with Crippen molar-refractivity contribution in [1.82, 2.24) is 9.80 Å². The third kappa shape index (κ3) is 6.38. The van der Waals surface area contributed by atoms with Gasteiger partial charge < -0.3 is 19.6 Å². The van der Waals surface area contributed by atoms with Crippen molar-refractivity contribution in [3.8, 4) is 0 Å². The summed E-state index contributed by atoms with van der Waals surface area (Å²) in [6.07, 6.45) is 1.93. The zero-order valence-corrected chi connectivity index (χ0v) is 20.3. The van der Waals surface area contributed by atoms with Gasteiger partial charge in [0.15, 0.2) is 0 Å². The van der Waals surface area contributed by atoms with Gasteiger partial charge in [-0.1, -0.05) is 59.6 Å². The van der Waals surface area contributed by atoms with Gasteiger partial charge in [-0.3, -0.25) is 0 Å². The summed E-state index contributed by atoms with van der Waals surface area (Å²) in [5, 5.41) is 12.1. The molecule has 0 aromatic heterocycles. The molecule has 0 bridgehead atoms. The number of benzene rings is 2. The van der Waals surface area contributed by atoms with Crippen molar-refractivity contribution in [2.45, 2.75) is 37.7 Å². The molecule has 174 valence electrons. The first-order valence-corrected chi connectivity index (χ1v) is 11.9. The lowest BCUT2D eigenvalue weighted by Crippen LogP contribution is -2.43. The summed E-state index contributed by atoms with van der Waals surface area (Å²) < 4.78 is 5.14. The van der Waals surface area contributed by atoms with Gasteiger partial charge in [0.25, 0.3) is 0 Å². The minimum Gasteiger partial charge on any atom is -0.450 e. The Morgan fingerprint density at radius 3 is 2.47 bits per heavy atom. The molecule has 0 radical (unpaired) electrons. The monoisotopic (exact) mass is 478 g/mol. The summed E-state index contributed by atoms with van der Waals surface area (Å²) in [4.78, 5) is 16.2. The highest BCUT2D eigenvalue weighted by Gasteiger charge is 2.34. The molecule has 0 aliphatic carbocycles. The van der Waals surface area contributed by atoms with Crippen molar-refractivity contribution in [2.75, 3.05) is 39.8 Å². The van der Waals surface area contributed by atoms with Crippen LogP contribution in [0.2, 0.25) is 10.0 Å². The van der Waals surface area contributed by atoms with Crippen LogP contribution in [0.1, 0.15) is 43.2 Å². The number of amides is 1. The van der Waals surface area contributed by atoms with Gasteiger partial charge in [-0.2, -0.15) is 0 Å². The number of nitrogens with zero attached hydrogens (tertiary/aromatic N) is 2. The summed E-state index contributed by atoms with van der Waals surface area (Å²) >= 11 is 12.4. The molecule has 2 aromatic carbocycles. The molecule has 0 saturated carbocycles. The number of rotatable bonds is 8. The largest absolute Gasteiger partial charge is 0.450 e. The van der Waals surface area contributed by atoms with Crippen LogP contribution >= 0.6 is 23.2 Å². The highest BCUT2D eigenvalue weighted by Crippen LogP contribution is 2.34. The number of carbonyl (C=O) groups excluding carboxylic acids is 1. The topological polar surface area (TPSA) is 53.0 Å². The third-order valence-corrected chi connectivity index (χ3v) is 7.02. The van der Waals surface area contributed by atoms with E-state index in [0.29, 0.717) is 36.0 Å². The number of hydrogen-bond donors (Lipinski definition) is 1. The Bertz CT molecular complexity index is 886. The molecule has 1 aliphatic rings. The molecule has 7 heteroatoms. The van der Waals surface area contributed by atoms with E-state index in [-0.39, 0.29) is 12.0 Å². The summed E-state index contributed by atoms with van der Waals surface area (Å²) in [7, 11) is 1.75. The van der Waals surface area contributed by atoms with Crippen molar-refractivity contribution < 1.29 is 14.6 Å². The van der Waals surface area contributed by atoms with Gasteiger partial charge in [-0.25, -0.2) is 4.79 Å². The number of hydrogen-bond acceptors (Lipinski definition) is 4. The van der Waals surface area contributed by atoms with Crippen molar-refractivity contribution in [2.24, 2.45) is 0 Å². The maximum atomic E-state index is 12.2. The van der Waals surface area contributed by atoms with Crippen LogP contribution in [0.25, 0.3) is 0 Å². The van der Waals surface area contributed by atoms with E-state index in [0.717, 1.165) is 37.2 Å². The highest BCUT2D eigenvalue weighted by atomic mass is 35.5. The van der Waals surface area contributed by atoms with Crippen LogP contribution in [0.5, 0.6) is 0 Å². The van der Waals surface area contributed by atoms with Gasteiger partial charge in [-0.05, 0) is 56.0 Å². The van der Waals surface area contributed by atoms with Crippen LogP contribution < -0.4 is 0 Å². The number of aliphatic hydroxyl groups is 1. The molecule has 1 aliphatic heterocycles. The van der Waals surface area contributed by atoms with Crippen molar-refractivity contribution in [1.29, 1.82) is 0 Å². The Morgan fingerprint density at radius 2 is 1.84 bits per heavy atom. The van der Waals surface area contributed by atoms with E-state index in [4.69, 9.17) is 27.9 Å². The first-order chi connectivity index (χ1) is 15.3. The fraction of sp³-hybridized carbons (Fsp3) is 0.480. The summed E-state index contributed by atoms with van der Waals surface area (Å²) in [5.74, 6) is 0.0918. The van der Waals surface area contributed by atoms with E-state index < -0.39 is 5.60 Å². The zero-order valence-electron chi connectivity index (χ0n) is 18.8. The van der Waals surface area contributed by atoms with Crippen LogP contribution in [0.3, 0.4) is 0 Å². The number of halogens is 2. The minimum atomic E-state index is -0.759. The molecule has 1 atom stereocenters. The summed E-state index contributed by atoms with van der Waals surface area (Å²) in [6.45, 7) is 5.19. The second kappa shape index (κ2) is 11.4. The zero-order chi connectivity index (χ0) is 23.1. The quantitative estimate of drug-likeness (QED) is 0.540. The number of piperidine rings is 1. The fourth-order valence-electron chi connectivity index (χ4n) is 4.29. The normalized spacial score (nSPS) is 17.0. The first-order valence-electron chi connectivity index (χ1n) is 11.2. The smallest absolute Gasteiger partial charge is 0.409 e. The molecule has 1 unspecified atom stereocenters. The Kier molecular flexibility index (Phi) is 8.83. The van der Waals surface area contributed by atoms with Crippen molar-refractivity contribution >= 4 is 29.3 Å². The van der Waals surface area contributed by atoms with E-state index in [2.05, 4.69) is 4.90 Å². The lowest BCUT2D eigenvalue weighted by atomic mass is 9.84. The molecule has 32 heavy (non-hydrogen) atoms. The molecule has 1 amide bonds. The van der Waals surface area contributed by atoms with Gasteiger partial charge in [0, 0.05) is 32.6 Å². The Morgan fingerprint density at radius 1 is 1.16 bits per heavy atom. The van der Waals surface area contributed by atoms with Gasteiger partial charge >= 0.3 is 6.09 Å². The number of ether oxygens (including phenoxy) is 1. The van der Waals surface area contributed by atoms with E-state index in [9.17, 15) is 9.90 Å². The van der Waals surface area contributed by atoms with E-state index in [1.807, 2.05) is 42.5 Å². The first kappa shape index (κ1) is 24.8. The number of carbonyl (C=O) groups is 1. The van der Waals surface area contributed by atoms with Gasteiger partial charge in [0.1, 0.15) is 0 Å². The minimum absolute atomic E-state index is 0.0918. The van der Waals surface area contributed by atoms with Gasteiger partial charge in [-0.15, -0.1) is 0 Å². The Labute approximate surface area is 200 Å². The lowest BCUT2D eigenvalue weighted by Gasteiger charge is -2.39. The SMILES string of the molecule is CCOC(=O)N(C)CC(CCN1CCC(O)(c2ccccc2)CC1)c1ccc(Cl)c(Cl)c1. The van der Waals surface area contributed by atoms with Gasteiger partial charge in [0.05, 0.1) is 22.3 Å². The Balaban J connectivity index is 1.63. The average molecular weight is 479 g/mol. The maximum Gasteiger partial charge on any atom is 0.409 e. The molecule has 0 spiro atoms. The lowest BCUT2D eigenvalue weighted by molar-refractivity contribution is -0.0264. The van der Waals surface area contributed by atoms with Crippen LogP contribution in [-0.4, -0.2) is 60.8 Å². The predicted octanol–water partition coefficient (Wildman–Crippen LogP) is 5.54. The molecule has 3 rings (SSSR count). The average Bonchev–Trinajstić information content (AvgIpc) is 2.80. The molecule has 1 saturated heterocycles. The fourth-order valence-corrected chi connectivity index (χ4v) is 4.60. The molecule has 2 aromatic rings. The molecule has 1 N–H and O–H groups in total. The summed E-state index contributed by atoms with van der Waals surface area (Å²) in [6, 6.07) is 15.6. The van der Waals surface area contributed by atoms with Crippen LogP contribution in [-0.2, 0) is 10.3 Å². The number of likely N-dealkylation sites (N-methyl/N-ethyl adjacent to an activating group) is 1. The second-order valence-electron chi connectivity index (χ2n) is 8.48. The predicted molar refractivity (Wildman–Crippen MR) is 129 cm³/mol.